The second-order valence-electron chi connectivity index (χ2n) is 7.77. The van der Waals surface area contributed by atoms with E-state index in [4.69, 9.17) is 14.5 Å². The number of pyridine rings is 2. The summed E-state index contributed by atoms with van der Waals surface area (Å²) >= 11 is 0. The van der Waals surface area contributed by atoms with Crippen LogP contribution in [0.3, 0.4) is 0 Å². The lowest BCUT2D eigenvalue weighted by Gasteiger charge is -2.33. The van der Waals surface area contributed by atoms with Gasteiger partial charge in [0.2, 0.25) is 5.91 Å². The van der Waals surface area contributed by atoms with Crippen molar-refractivity contribution in [2.24, 2.45) is 0 Å². The van der Waals surface area contributed by atoms with Crippen molar-refractivity contribution in [2.45, 2.75) is 25.9 Å². The Balaban J connectivity index is 1.47. The Bertz CT molecular complexity index is 1040. The fourth-order valence-electron chi connectivity index (χ4n) is 3.88. The molecule has 3 aromatic rings. The molecule has 6 heteroatoms. The second kappa shape index (κ2) is 9.71. The fourth-order valence-corrected chi connectivity index (χ4v) is 3.88. The largest absolute Gasteiger partial charge is 0.497 e. The van der Waals surface area contributed by atoms with E-state index in [0.717, 1.165) is 34.8 Å². The molecule has 1 aliphatic heterocycles. The van der Waals surface area contributed by atoms with E-state index in [1.54, 1.807) is 13.3 Å². The molecule has 3 heterocycles. The lowest BCUT2D eigenvalue weighted by atomic mass is 10.0. The minimum absolute atomic E-state index is 0.0660. The fraction of sp³-hybridized carbons (Fsp3) is 0.320. The van der Waals surface area contributed by atoms with Crippen LogP contribution in [0, 0.1) is 6.92 Å². The topological polar surface area (TPSA) is 64.5 Å². The van der Waals surface area contributed by atoms with Crippen molar-refractivity contribution in [3.05, 3.63) is 89.0 Å². The van der Waals surface area contributed by atoms with E-state index in [9.17, 15) is 4.79 Å². The molecule has 31 heavy (non-hydrogen) atoms. The van der Waals surface area contributed by atoms with Crippen LogP contribution in [-0.4, -0.2) is 47.6 Å². The molecule has 1 amide bonds. The van der Waals surface area contributed by atoms with Crippen molar-refractivity contribution in [1.82, 2.24) is 14.9 Å². The monoisotopic (exact) mass is 417 g/mol. The summed E-state index contributed by atoms with van der Waals surface area (Å²) < 4.78 is 11.3. The van der Waals surface area contributed by atoms with Gasteiger partial charge in [-0.3, -0.25) is 14.8 Å². The summed E-state index contributed by atoms with van der Waals surface area (Å²) in [6.45, 7) is 3.58. The number of aromatic nitrogens is 2. The van der Waals surface area contributed by atoms with Gasteiger partial charge in [-0.25, -0.2) is 0 Å². The number of rotatable bonds is 6. The van der Waals surface area contributed by atoms with E-state index < -0.39 is 0 Å². The number of methoxy groups -OCH3 is 1. The molecule has 2 aromatic heterocycles. The molecular weight excluding hydrogens is 390 g/mol. The molecule has 1 atom stereocenters. The van der Waals surface area contributed by atoms with Crippen LogP contribution in [0.1, 0.15) is 34.3 Å². The summed E-state index contributed by atoms with van der Waals surface area (Å²) in [7, 11) is 1.68. The quantitative estimate of drug-likeness (QED) is 0.614. The third kappa shape index (κ3) is 5.47. The molecule has 1 aliphatic rings. The van der Waals surface area contributed by atoms with Crippen LogP contribution >= 0.6 is 0 Å². The lowest BCUT2D eigenvalue weighted by Crippen LogP contribution is -2.43. The Morgan fingerprint density at radius 1 is 1.16 bits per heavy atom. The van der Waals surface area contributed by atoms with Crippen molar-refractivity contribution in [3.63, 3.8) is 0 Å². The molecule has 6 nitrogen and oxygen atoms in total. The van der Waals surface area contributed by atoms with Gasteiger partial charge in [-0.2, -0.15) is 0 Å². The number of amides is 1. The summed E-state index contributed by atoms with van der Waals surface area (Å²) in [5.41, 5.74) is 4.93. The summed E-state index contributed by atoms with van der Waals surface area (Å²) in [6.07, 6.45) is 2.56. The van der Waals surface area contributed by atoms with Gasteiger partial charge in [0.05, 0.1) is 32.4 Å². The normalized spacial score (nSPS) is 16.2. The molecule has 0 saturated carbocycles. The number of carbonyl (C=O) groups excluding carboxylic acids is 1. The van der Waals surface area contributed by atoms with Gasteiger partial charge in [0, 0.05) is 24.1 Å². The molecule has 0 radical (unpaired) electrons. The van der Waals surface area contributed by atoms with Crippen molar-refractivity contribution < 1.29 is 14.3 Å². The zero-order chi connectivity index (χ0) is 21.6. The maximum atomic E-state index is 12.8. The van der Waals surface area contributed by atoms with E-state index in [2.05, 4.69) is 23.2 Å². The van der Waals surface area contributed by atoms with Crippen molar-refractivity contribution in [1.29, 1.82) is 0 Å². The number of hydrogen-bond donors (Lipinski definition) is 0. The van der Waals surface area contributed by atoms with Crippen molar-refractivity contribution >= 4 is 5.91 Å². The molecule has 160 valence electrons. The maximum Gasteiger partial charge on any atom is 0.228 e. The summed E-state index contributed by atoms with van der Waals surface area (Å²) in [5.74, 6) is 0.914. The highest BCUT2D eigenvalue weighted by Crippen LogP contribution is 2.24. The van der Waals surface area contributed by atoms with Crippen LogP contribution < -0.4 is 4.74 Å². The molecule has 0 spiro atoms. The van der Waals surface area contributed by atoms with E-state index in [1.165, 1.54) is 5.56 Å². The van der Waals surface area contributed by atoms with Gasteiger partial charge in [0.1, 0.15) is 11.9 Å². The van der Waals surface area contributed by atoms with Crippen LogP contribution in [0.2, 0.25) is 0 Å². The van der Waals surface area contributed by atoms with Crippen LogP contribution in [0.25, 0.3) is 0 Å². The minimum Gasteiger partial charge on any atom is -0.497 e. The Hall–Kier alpha value is -3.25. The molecule has 1 unspecified atom stereocenters. The van der Waals surface area contributed by atoms with Crippen molar-refractivity contribution in [2.75, 3.05) is 26.8 Å². The van der Waals surface area contributed by atoms with Crippen LogP contribution in [0.15, 0.2) is 60.8 Å². The average molecular weight is 418 g/mol. The first-order valence-corrected chi connectivity index (χ1v) is 10.5. The molecule has 4 rings (SSSR count). The highest BCUT2D eigenvalue weighted by molar-refractivity contribution is 5.78. The first-order valence-electron chi connectivity index (χ1n) is 10.5. The average Bonchev–Trinajstić information content (AvgIpc) is 2.79. The number of hydrogen-bond acceptors (Lipinski definition) is 5. The van der Waals surface area contributed by atoms with Crippen LogP contribution in [0.4, 0.5) is 0 Å². The Morgan fingerprint density at radius 2 is 2.06 bits per heavy atom. The highest BCUT2D eigenvalue weighted by Gasteiger charge is 2.27. The number of nitrogens with zero attached hydrogens (tertiary/aromatic N) is 3. The smallest absolute Gasteiger partial charge is 0.228 e. The van der Waals surface area contributed by atoms with E-state index in [-0.39, 0.29) is 12.0 Å². The van der Waals surface area contributed by atoms with Gasteiger partial charge in [-0.1, -0.05) is 18.2 Å². The van der Waals surface area contributed by atoms with Gasteiger partial charge < -0.3 is 14.4 Å². The third-order valence-corrected chi connectivity index (χ3v) is 5.38. The third-order valence-electron chi connectivity index (χ3n) is 5.38. The zero-order valence-electron chi connectivity index (χ0n) is 18.0. The van der Waals surface area contributed by atoms with Gasteiger partial charge in [-0.15, -0.1) is 0 Å². The Kier molecular flexibility index (Phi) is 6.57. The van der Waals surface area contributed by atoms with E-state index in [0.29, 0.717) is 26.1 Å². The number of benzene rings is 1. The summed E-state index contributed by atoms with van der Waals surface area (Å²) in [5, 5.41) is 0. The Labute approximate surface area is 182 Å². The number of morpholine rings is 1. The minimum atomic E-state index is -0.231. The Morgan fingerprint density at radius 3 is 2.87 bits per heavy atom. The van der Waals surface area contributed by atoms with Gasteiger partial charge in [-0.05, 0) is 60.9 Å². The maximum absolute atomic E-state index is 12.8. The second-order valence-corrected chi connectivity index (χ2v) is 7.77. The van der Waals surface area contributed by atoms with Crippen molar-refractivity contribution in [3.8, 4) is 5.75 Å². The zero-order valence-corrected chi connectivity index (χ0v) is 18.0. The van der Waals surface area contributed by atoms with Gasteiger partial charge in [0.25, 0.3) is 0 Å². The number of aryl methyl sites for hydroxylation is 1. The predicted octanol–water partition coefficient (Wildman–Crippen LogP) is 3.53. The lowest BCUT2D eigenvalue weighted by molar-refractivity contribution is -0.138. The molecule has 0 bridgehead atoms. The molecule has 1 aromatic carbocycles. The molecule has 1 fully saturated rings. The molecule has 0 N–H and O–H groups in total. The van der Waals surface area contributed by atoms with Gasteiger partial charge in [0.15, 0.2) is 0 Å². The predicted molar refractivity (Wildman–Crippen MR) is 118 cm³/mol. The first-order chi connectivity index (χ1) is 15.1. The van der Waals surface area contributed by atoms with Gasteiger partial charge >= 0.3 is 0 Å². The highest BCUT2D eigenvalue weighted by atomic mass is 16.5. The van der Waals surface area contributed by atoms with E-state index in [1.807, 2.05) is 48.2 Å². The standard InChI is InChI=1S/C25H27N3O3/c1-18-12-20(13-19-6-5-8-22(14-19)30-2)15-23(27-18)24-17-28(10-11-31-24)25(29)16-21-7-3-4-9-26-21/h3-9,12,14-15,24H,10-11,13,16-17H2,1-2H3. The SMILES string of the molecule is COc1cccc(Cc2cc(C)nc(C3CN(C(=O)Cc4ccccn4)CCO3)c2)c1. The number of ether oxygens (including phenoxy) is 2. The van der Waals surface area contributed by atoms with Crippen LogP contribution in [0.5, 0.6) is 5.75 Å². The summed E-state index contributed by atoms with van der Waals surface area (Å²) in [6, 6.07) is 17.9. The molecule has 0 aliphatic carbocycles. The number of carbonyl (C=O) groups is 1. The van der Waals surface area contributed by atoms with E-state index >= 15 is 0 Å². The first kappa shape index (κ1) is 21.0. The molecule has 1 saturated heterocycles. The summed E-state index contributed by atoms with van der Waals surface area (Å²) in [4.78, 5) is 23.6. The van der Waals surface area contributed by atoms with Crippen LogP contribution in [-0.2, 0) is 22.4 Å². The molecular formula is C25H27N3O3.